The van der Waals surface area contributed by atoms with Crippen molar-refractivity contribution >= 4 is 11.8 Å². The number of carbonyl (C=O) groups excluding carboxylic acids is 1. The lowest BCUT2D eigenvalue weighted by Crippen LogP contribution is -2.28. The summed E-state index contributed by atoms with van der Waals surface area (Å²) in [4.78, 5) is 22.7. The standard InChI is InChI=1S/C22H36O5/c1-4-5-14-22(2,3)20(25)13-12-17-16(18(23)15-19(17)24)10-8-6-7-9-11-21(26)27/h6,8,12-13,16-17,19-20,24-25H,4-5,7,9-11,14-15H2,1-3H3,(H,26,27)/t16-,17-,19-,20-/m1/s1. The number of aliphatic hydroxyl groups excluding tert-OH is 2. The van der Waals surface area contributed by atoms with E-state index < -0.39 is 18.2 Å². The molecule has 1 saturated carbocycles. The Labute approximate surface area is 163 Å². The third kappa shape index (κ3) is 7.97. The van der Waals surface area contributed by atoms with Gasteiger partial charge in [0.15, 0.2) is 0 Å². The Morgan fingerprint density at radius 1 is 1.30 bits per heavy atom. The Bertz CT molecular complexity index is 535. The van der Waals surface area contributed by atoms with Crippen LogP contribution in [0.5, 0.6) is 0 Å². The molecule has 0 heterocycles. The quantitative estimate of drug-likeness (QED) is 0.353. The van der Waals surface area contributed by atoms with Crippen LogP contribution in [0.3, 0.4) is 0 Å². The van der Waals surface area contributed by atoms with Gasteiger partial charge >= 0.3 is 5.97 Å². The van der Waals surface area contributed by atoms with Crippen LogP contribution in [-0.2, 0) is 9.59 Å². The highest BCUT2D eigenvalue weighted by Crippen LogP contribution is 2.35. The highest BCUT2D eigenvalue weighted by Gasteiger charge is 2.39. The van der Waals surface area contributed by atoms with Crippen molar-refractivity contribution in [1.29, 1.82) is 0 Å². The van der Waals surface area contributed by atoms with Gasteiger partial charge in [0, 0.05) is 24.7 Å². The van der Waals surface area contributed by atoms with Gasteiger partial charge in [-0.25, -0.2) is 0 Å². The largest absolute Gasteiger partial charge is 0.481 e. The lowest BCUT2D eigenvalue weighted by Gasteiger charge is -2.29. The summed E-state index contributed by atoms with van der Waals surface area (Å²) in [7, 11) is 0. The maximum absolute atomic E-state index is 12.2. The Morgan fingerprint density at radius 3 is 2.63 bits per heavy atom. The number of aliphatic hydroxyl groups is 2. The van der Waals surface area contributed by atoms with Gasteiger partial charge in [0.25, 0.3) is 0 Å². The Balaban J connectivity index is 2.63. The fourth-order valence-corrected chi connectivity index (χ4v) is 3.53. The van der Waals surface area contributed by atoms with E-state index in [1.165, 1.54) is 0 Å². The maximum Gasteiger partial charge on any atom is 0.303 e. The number of carboxylic acids is 1. The molecule has 0 saturated heterocycles. The van der Waals surface area contributed by atoms with Gasteiger partial charge in [-0.15, -0.1) is 0 Å². The van der Waals surface area contributed by atoms with E-state index in [4.69, 9.17) is 5.11 Å². The van der Waals surface area contributed by atoms with Crippen molar-refractivity contribution in [3.05, 3.63) is 24.3 Å². The van der Waals surface area contributed by atoms with Gasteiger partial charge in [-0.1, -0.05) is 57.9 Å². The number of allylic oxidation sites excluding steroid dienone is 2. The predicted octanol–water partition coefficient (Wildman–Crippen LogP) is 3.89. The van der Waals surface area contributed by atoms with E-state index in [2.05, 4.69) is 6.92 Å². The minimum absolute atomic E-state index is 0.0482. The molecule has 4 atom stereocenters. The normalized spacial score (nSPS) is 24.9. The SMILES string of the molecule is CCCCC(C)(C)[C@H](O)C=C[C@H]1[C@H](O)CC(=O)[C@@H]1CC=CCCCC(=O)O. The molecule has 1 rings (SSSR count). The summed E-state index contributed by atoms with van der Waals surface area (Å²) in [5.74, 6) is -1.31. The van der Waals surface area contributed by atoms with Crippen LogP contribution in [0, 0.1) is 17.3 Å². The highest BCUT2D eigenvalue weighted by atomic mass is 16.4. The number of aliphatic carboxylic acids is 1. The summed E-state index contributed by atoms with van der Waals surface area (Å²) in [6.45, 7) is 6.19. The fraction of sp³-hybridized carbons (Fsp3) is 0.727. The molecule has 154 valence electrons. The molecule has 27 heavy (non-hydrogen) atoms. The van der Waals surface area contributed by atoms with Crippen LogP contribution < -0.4 is 0 Å². The van der Waals surface area contributed by atoms with Gasteiger partial charge in [0.1, 0.15) is 5.78 Å². The summed E-state index contributed by atoms with van der Waals surface area (Å²) < 4.78 is 0. The molecule has 0 spiro atoms. The van der Waals surface area contributed by atoms with E-state index >= 15 is 0 Å². The molecule has 3 N–H and O–H groups in total. The van der Waals surface area contributed by atoms with E-state index in [0.29, 0.717) is 19.3 Å². The molecular formula is C22H36O5. The Morgan fingerprint density at radius 2 is 2.00 bits per heavy atom. The third-order valence-corrected chi connectivity index (χ3v) is 5.54. The molecule has 0 radical (unpaired) electrons. The summed E-state index contributed by atoms with van der Waals surface area (Å²) in [5.41, 5.74) is -0.236. The number of carboxylic acid groups (broad SMARTS) is 1. The molecular weight excluding hydrogens is 344 g/mol. The molecule has 5 heteroatoms. The Hall–Kier alpha value is -1.46. The molecule has 0 aliphatic heterocycles. The first kappa shape index (κ1) is 23.6. The smallest absolute Gasteiger partial charge is 0.303 e. The first-order valence-electron chi connectivity index (χ1n) is 10.1. The number of rotatable bonds is 12. The van der Waals surface area contributed by atoms with Crippen LogP contribution in [-0.4, -0.2) is 39.3 Å². The molecule has 1 aliphatic rings. The molecule has 0 aromatic heterocycles. The average molecular weight is 381 g/mol. The van der Waals surface area contributed by atoms with Gasteiger partial charge in [-0.3, -0.25) is 9.59 Å². The van der Waals surface area contributed by atoms with Crippen molar-refractivity contribution in [2.75, 3.05) is 0 Å². The molecule has 1 aliphatic carbocycles. The van der Waals surface area contributed by atoms with Crippen LogP contribution in [0.4, 0.5) is 0 Å². The highest BCUT2D eigenvalue weighted by molar-refractivity contribution is 5.84. The first-order valence-corrected chi connectivity index (χ1v) is 10.1. The van der Waals surface area contributed by atoms with Crippen molar-refractivity contribution in [1.82, 2.24) is 0 Å². The number of Topliss-reactive ketones (excluding diaryl/α,β-unsaturated/α-hetero) is 1. The van der Waals surface area contributed by atoms with Crippen LogP contribution in [0.1, 0.15) is 72.1 Å². The van der Waals surface area contributed by atoms with E-state index in [9.17, 15) is 19.8 Å². The van der Waals surface area contributed by atoms with Crippen LogP contribution >= 0.6 is 0 Å². The topological polar surface area (TPSA) is 94.8 Å². The second-order valence-electron chi connectivity index (χ2n) is 8.34. The minimum Gasteiger partial charge on any atom is -0.481 e. The van der Waals surface area contributed by atoms with E-state index in [1.807, 2.05) is 32.1 Å². The van der Waals surface area contributed by atoms with E-state index in [1.54, 1.807) is 6.08 Å². The number of unbranched alkanes of at least 4 members (excludes halogenated alkanes) is 2. The van der Waals surface area contributed by atoms with Crippen LogP contribution in [0.25, 0.3) is 0 Å². The zero-order chi connectivity index (χ0) is 20.4. The zero-order valence-corrected chi connectivity index (χ0v) is 16.9. The van der Waals surface area contributed by atoms with Crippen molar-refractivity contribution in [3.8, 4) is 0 Å². The van der Waals surface area contributed by atoms with Crippen LogP contribution in [0.15, 0.2) is 24.3 Å². The first-order chi connectivity index (χ1) is 12.7. The maximum atomic E-state index is 12.2. The van der Waals surface area contributed by atoms with Crippen molar-refractivity contribution in [2.24, 2.45) is 17.3 Å². The lowest BCUT2D eigenvalue weighted by atomic mass is 9.80. The number of hydrogen-bond donors (Lipinski definition) is 3. The predicted molar refractivity (Wildman–Crippen MR) is 106 cm³/mol. The summed E-state index contributed by atoms with van der Waals surface area (Å²) in [5, 5.41) is 29.4. The molecule has 0 unspecified atom stereocenters. The molecule has 0 amide bonds. The number of carbonyl (C=O) groups is 2. The summed E-state index contributed by atoms with van der Waals surface area (Å²) >= 11 is 0. The molecule has 1 fully saturated rings. The average Bonchev–Trinajstić information content (AvgIpc) is 2.86. The second-order valence-corrected chi connectivity index (χ2v) is 8.34. The van der Waals surface area contributed by atoms with Crippen molar-refractivity contribution in [2.45, 2.75) is 84.3 Å². The van der Waals surface area contributed by atoms with Crippen LogP contribution in [0.2, 0.25) is 0 Å². The molecule has 0 aromatic carbocycles. The van der Waals surface area contributed by atoms with Gasteiger partial charge in [-0.2, -0.15) is 0 Å². The fourth-order valence-electron chi connectivity index (χ4n) is 3.53. The third-order valence-electron chi connectivity index (χ3n) is 5.54. The monoisotopic (exact) mass is 380 g/mol. The summed E-state index contributed by atoms with van der Waals surface area (Å²) in [6.07, 6.45) is 11.2. The van der Waals surface area contributed by atoms with Gasteiger partial charge in [-0.05, 0) is 31.1 Å². The van der Waals surface area contributed by atoms with E-state index in [0.717, 1.165) is 19.3 Å². The van der Waals surface area contributed by atoms with E-state index in [-0.39, 0.29) is 35.9 Å². The molecule has 0 aromatic rings. The zero-order valence-electron chi connectivity index (χ0n) is 16.9. The van der Waals surface area contributed by atoms with Crippen molar-refractivity contribution < 1.29 is 24.9 Å². The van der Waals surface area contributed by atoms with Gasteiger partial charge < -0.3 is 15.3 Å². The van der Waals surface area contributed by atoms with Gasteiger partial charge in [0.2, 0.25) is 0 Å². The molecule has 5 nitrogen and oxygen atoms in total. The number of hydrogen-bond acceptors (Lipinski definition) is 4. The second kappa shape index (κ2) is 11.4. The van der Waals surface area contributed by atoms with Gasteiger partial charge in [0.05, 0.1) is 12.2 Å². The Kier molecular flexibility index (Phi) is 9.95. The lowest BCUT2D eigenvalue weighted by molar-refractivity contribution is -0.137. The van der Waals surface area contributed by atoms with Crippen molar-refractivity contribution in [3.63, 3.8) is 0 Å². The summed E-state index contributed by atoms with van der Waals surface area (Å²) in [6, 6.07) is 0. The minimum atomic E-state index is -0.803. The molecule has 0 bridgehead atoms. The number of ketones is 1.